The molecule has 1 heterocycles. The first-order valence-electron chi connectivity index (χ1n) is 6.73. The van der Waals surface area contributed by atoms with Crippen molar-refractivity contribution in [2.24, 2.45) is 7.05 Å². The minimum absolute atomic E-state index is 0.195. The maximum Gasteiger partial charge on any atom is 0.279 e. The quantitative estimate of drug-likeness (QED) is 0.633. The second-order valence-corrected chi connectivity index (χ2v) is 6.93. The van der Waals surface area contributed by atoms with Crippen LogP contribution in [-0.4, -0.2) is 48.5 Å². The molecule has 0 amide bonds. The molecule has 7 nitrogen and oxygen atoms in total. The molecule has 0 spiro atoms. The lowest BCUT2D eigenvalue weighted by Gasteiger charge is -2.18. The maximum absolute atomic E-state index is 12.0. The van der Waals surface area contributed by atoms with Gasteiger partial charge in [-0.15, -0.1) is 0 Å². The lowest BCUT2D eigenvalue weighted by molar-refractivity contribution is 0.438. The zero-order chi connectivity index (χ0) is 15.2. The molecule has 0 bridgehead atoms. The van der Waals surface area contributed by atoms with Crippen molar-refractivity contribution >= 4 is 10.2 Å². The molecule has 0 radical (unpaired) electrons. The summed E-state index contributed by atoms with van der Waals surface area (Å²) in [6.45, 7) is 5.61. The molecule has 0 atom stereocenters. The molecule has 20 heavy (non-hydrogen) atoms. The Bertz CT molecular complexity index is 498. The Hall–Kier alpha value is -0.960. The van der Waals surface area contributed by atoms with Crippen molar-refractivity contribution in [1.82, 2.24) is 23.9 Å². The van der Waals surface area contributed by atoms with Gasteiger partial charge in [-0.05, 0) is 13.0 Å². The van der Waals surface area contributed by atoms with E-state index in [1.165, 1.54) is 4.31 Å². The van der Waals surface area contributed by atoms with Crippen molar-refractivity contribution in [3.8, 4) is 0 Å². The lowest BCUT2D eigenvalue weighted by Crippen LogP contribution is -2.39. The highest BCUT2D eigenvalue weighted by atomic mass is 32.2. The van der Waals surface area contributed by atoms with E-state index in [-0.39, 0.29) is 6.54 Å². The van der Waals surface area contributed by atoms with Crippen LogP contribution in [0.25, 0.3) is 0 Å². The zero-order valence-electron chi connectivity index (χ0n) is 12.6. The van der Waals surface area contributed by atoms with E-state index in [9.17, 15) is 8.42 Å². The van der Waals surface area contributed by atoms with E-state index in [1.807, 2.05) is 7.05 Å². The molecule has 0 aliphatic heterocycles. The van der Waals surface area contributed by atoms with Crippen LogP contribution in [0.1, 0.15) is 26.1 Å². The normalized spacial score (nSPS) is 12.5. The molecule has 1 rings (SSSR count). The molecule has 0 aliphatic rings. The highest BCUT2D eigenvalue weighted by Crippen LogP contribution is 1.99. The number of rotatable bonds is 9. The van der Waals surface area contributed by atoms with Gasteiger partial charge in [-0.25, -0.2) is 4.98 Å². The Labute approximate surface area is 121 Å². The maximum atomic E-state index is 12.0. The molecule has 0 saturated heterocycles. The van der Waals surface area contributed by atoms with Crippen molar-refractivity contribution in [1.29, 1.82) is 0 Å². The summed E-state index contributed by atoms with van der Waals surface area (Å²) in [5.74, 6) is 0.684. The number of imidazole rings is 1. The molecule has 0 fully saturated rings. The van der Waals surface area contributed by atoms with Crippen LogP contribution in [0.4, 0.5) is 0 Å². The van der Waals surface area contributed by atoms with Gasteiger partial charge < -0.3 is 9.88 Å². The molecular weight excluding hydrogens is 278 g/mol. The third-order valence-corrected chi connectivity index (χ3v) is 4.46. The summed E-state index contributed by atoms with van der Waals surface area (Å²) in [5.41, 5.74) is 0. The van der Waals surface area contributed by atoms with Crippen molar-refractivity contribution < 1.29 is 8.42 Å². The van der Waals surface area contributed by atoms with Crippen molar-refractivity contribution in [3.05, 3.63) is 18.2 Å². The molecule has 1 aromatic rings. The Kier molecular flexibility index (Phi) is 6.60. The van der Waals surface area contributed by atoms with E-state index in [0.29, 0.717) is 18.4 Å². The molecule has 0 aromatic carbocycles. The van der Waals surface area contributed by atoms with Crippen LogP contribution in [-0.2, 0) is 23.8 Å². The fourth-order valence-corrected chi connectivity index (χ4v) is 2.55. The smallest absolute Gasteiger partial charge is 0.279 e. The average molecular weight is 303 g/mol. The third-order valence-electron chi connectivity index (χ3n) is 2.95. The fraction of sp³-hybridized carbons (Fsp3) is 0.750. The van der Waals surface area contributed by atoms with Gasteiger partial charge in [0, 0.05) is 39.1 Å². The van der Waals surface area contributed by atoms with Gasteiger partial charge in [0.25, 0.3) is 10.2 Å². The first-order chi connectivity index (χ1) is 9.33. The number of hydrogen-bond acceptors (Lipinski definition) is 4. The first-order valence-corrected chi connectivity index (χ1v) is 8.17. The summed E-state index contributed by atoms with van der Waals surface area (Å²) < 4.78 is 29.7. The highest BCUT2D eigenvalue weighted by Gasteiger charge is 2.17. The highest BCUT2D eigenvalue weighted by molar-refractivity contribution is 7.87. The van der Waals surface area contributed by atoms with Crippen LogP contribution < -0.4 is 10.0 Å². The summed E-state index contributed by atoms with van der Waals surface area (Å²) in [4.78, 5) is 4.08. The molecule has 2 N–H and O–H groups in total. The molecule has 116 valence electrons. The number of aryl methyl sites for hydroxylation is 1. The Morgan fingerprint density at radius 1 is 1.45 bits per heavy atom. The summed E-state index contributed by atoms with van der Waals surface area (Å²) in [7, 11) is -0.0408. The van der Waals surface area contributed by atoms with Crippen LogP contribution >= 0.6 is 0 Å². The molecule has 8 heteroatoms. The zero-order valence-corrected chi connectivity index (χ0v) is 13.4. The molecule has 0 unspecified atom stereocenters. The van der Waals surface area contributed by atoms with Gasteiger partial charge in [-0.3, -0.25) is 0 Å². The monoisotopic (exact) mass is 303 g/mol. The van der Waals surface area contributed by atoms with Gasteiger partial charge in [0.1, 0.15) is 5.82 Å². The van der Waals surface area contributed by atoms with E-state index in [0.717, 1.165) is 13.0 Å². The SMILES string of the molecule is CC(C)NCCCN(C)S(=O)(=O)NCc1nccn1C. The van der Waals surface area contributed by atoms with Crippen molar-refractivity contribution in [2.75, 3.05) is 20.1 Å². The van der Waals surface area contributed by atoms with E-state index in [1.54, 1.807) is 24.0 Å². The van der Waals surface area contributed by atoms with Crippen LogP contribution in [0.3, 0.4) is 0 Å². The Morgan fingerprint density at radius 2 is 2.15 bits per heavy atom. The Balaban J connectivity index is 2.37. The standard InChI is InChI=1S/C12H25N5O2S/c1-11(2)13-6-5-8-17(4)20(18,19)15-10-12-14-7-9-16(12)3/h7,9,11,13,15H,5-6,8,10H2,1-4H3. The Morgan fingerprint density at radius 3 is 2.70 bits per heavy atom. The minimum atomic E-state index is -3.45. The van der Waals surface area contributed by atoms with Crippen LogP contribution in [0.2, 0.25) is 0 Å². The van der Waals surface area contributed by atoms with Crippen molar-refractivity contribution in [3.63, 3.8) is 0 Å². The van der Waals surface area contributed by atoms with Gasteiger partial charge in [0.15, 0.2) is 0 Å². The minimum Gasteiger partial charge on any atom is -0.337 e. The lowest BCUT2D eigenvalue weighted by atomic mass is 10.3. The van der Waals surface area contributed by atoms with Gasteiger partial charge in [0.2, 0.25) is 0 Å². The van der Waals surface area contributed by atoms with Gasteiger partial charge in [0.05, 0.1) is 6.54 Å². The largest absolute Gasteiger partial charge is 0.337 e. The second kappa shape index (κ2) is 7.72. The molecular formula is C12H25N5O2S. The second-order valence-electron chi connectivity index (χ2n) is 5.06. The summed E-state index contributed by atoms with van der Waals surface area (Å²) in [6.07, 6.45) is 4.20. The predicted octanol–water partition coefficient (Wildman–Crippen LogP) is 0.0744. The fourth-order valence-electron chi connectivity index (χ4n) is 1.65. The van der Waals surface area contributed by atoms with Crippen molar-refractivity contribution in [2.45, 2.75) is 32.9 Å². The van der Waals surface area contributed by atoms with E-state index in [2.05, 4.69) is 28.9 Å². The summed E-state index contributed by atoms with van der Waals surface area (Å²) in [6, 6.07) is 0.415. The molecule has 1 aromatic heterocycles. The number of nitrogens with zero attached hydrogens (tertiary/aromatic N) is 3. The topological polar surface area (TPSA) is 79.3 Å². The van der Waals surface area contributed by atoms with Gasteiger partial charge in [-0.1, -0.05) is 13.8 Å². The van der Waals surface area contributed by atoms with E-state index in [4.69, 9.17) is 0 Å². The summed E-state index contributed by atoms with van der Waals surface area (Å²) >= 11 is 0. The van der Waals surface area contributed by atoms with Crippen LogP contribution in [0.15, 0.2) is 12.4 Å². The van der Waals surface area contributed by atoms with Gasteiger partial charge >= 0.3 is 0 Å². The van der Waals surface area contributed by atoms with E-state index >= 15 is 0 Å². The molecule has 0 aliphatic carbocycles. The number of aromatic nitrogens is 2. The summed E-state index contributed by atoms with van der Waals surface area (Å²) in [5, 5.41) is 3.26. The molecule has 0 saturated carbocycles. The predicted molar refractivity (Wildman–Crippen MR) is 79.4 cm³/mol. The van der Waals surface area contributed by atoms with Gasteiger partial charge in [-0.2, -0.15) is 17.4 Å². The number of hydrogen-bond donors (Lipinski definition) is 2. The van der Waals surface area contributed by atoms with E-state index < -0.39 is 10.2 Å². The average Bonchev–Trinajstić information content (AvgIpc) is 2.77. The van der Waals surface area contributed by atoms with Crippen LogP contribution in [0.5, 0.6) is 0 Å². The van der Waals surface area contributed by atoms with Crippen LogP contribution in [0, 0.1) is 0 Å². The first kappa shape index (κ1) is 17.1. The number of nitrogens with one attached hydrogen (secondary N) is 2. The third kappa shape index (κ3) is 5.58.